The fourth-order valence-corrected chi connectivity index (χ4v) is 5.63. The molecule has 1 unspecified atom stereocenters. The second-order valence-corrected chi connectivity index (χ2v) is 8.97. The van der Waals surface area contributed by atoms with Crippen molar-refractivity contribution in [2.24, 2.45) is 5.92 Å². The minimum atomic E-state index is -0.123. The number of rotatable bonds is 5. The van der Waals surface area contributed by atoms with E-state index in [9.17, 15) is 4.79 Å². The Balaban J connectivity index is 1.26. The summed E-state index contributed by atoms with van der Waals surface area (Å²) in [6.45, 7) is 4.86. The first kappa shape index (κ1) is 18.8. The zero-order chi connectivity index (χ0) is 19.8. The Morgan fingerprint density at radius 1 is 1.24 bits per heavy atom. The number of nitrogens with one attached hydrogen (secondary N) is 1. The lowest BCUT2D eigenvalue weighted by atomic mass is 9.74. The SMILES string of the molecule is Cc1nc(C2CCCC2)cc([C@@H]2CN3CC[C@H]2C[C@@H]3CNC(=O)c2ccco2)n1. The third-order valence-corrected chi connectivity index (χ3v) is 7.15. The first-order valence-electron chi connectivity index (χ1n) is 11.1. The van der Waals surface area contributed by atoms with E-state index >= 15 is 0 Å². The molecule has 154 valence electrons. The van der Waals surface area contributed by atoms with E-state index in [1.54, 1.807) is 12.1 Å². The Morgan fingerprint density at radius 3 is 2.79 bits per heavy atom. The van der Waals surface area contributed by atoms with Crippen LogP contribution >= 0.6 is 0 Å². The van der Waals surface area contributed by atoms with Gasteiger partial charge in [-0.2, -0.15) is 0 Å². The molecule has 3 saturated heterocycles. The zero-order valence-electron chi connectivity index (χ0n) is 17.1. The number of hydrogen-bond acceptors (Lipinski definition) is 5. The summed E-state index contributed by atoms with van der Waals surface area (Å²) in [6, 6.07) is 6.16. The first-order chi connectivity index (χ1) is 14.2. The van der Waals surface area contributed by atoms with Crippen molar-refractivity contribution in [3.63, 3.8) is 0 Å². The smallest absolute Gasteiger partial charge is 0.287 e. The van der Waals surface area contributed by atoms with Crippen LogP contribution in [0.2, 0.25) is 0 Å². The van der Waals surface area contributed by atoms with Gasteiger partial charge in [-0.25, -0.2) is 9.97 Å². The number of carbonyl (C=O) groups is 1. The average Bonchev–Trinajstić information content (AvgIpc) is 3.46. The Labute approximate surface area is 172 Å². The quantitative estimate of drug-likeness (QED) is 0.838. The molecule has 4 aliphatic rings. The molecule has 6 rings (SSSR count). The highest BCUT2D eigenvalue weighted by atomic mass is 16.3. The summed E-state index contributed by atoms with van der Waals surface area (Å²) < 4.78 is 5.20. The molecule has 0 radical (unpaired) electrons. The number of carbonyl (C=O) groups excluding carboxylic acids is 1. The number of hydrogen-bond donors (Lipinski definition) is 1. The average molecular weight is 395 g/mol. The summed E-state index contributed by atoms with van der Waals surface area (Å²) in [7, 11) is 0. The maximum absolute atomic E-state index is 12.2. The molecule has 3 aliphatic heterocycles. The standard InChI is InChI=1S/C23H30N4O2/c1-15-25-20(16-5-2-3-6-16)12-21(26-15)19-14-27-9-8-17(19)11-18(27)13-24-23(28)22-7-4-10-29-22/h4,7,10,12,16-19H,2-3,5-6,8-9,11,13-14H2,1H3,(H,24,28)/t17-,18+,19+/m0/s1. The number of piperidine rings is 3. The zero-order valence-corrected chi connectivity index (χ0v) is 17.1. The summed E-state index contributed by atoms with van der Waals surface area (Å²) in [4.78, 5) is 24.4. The van der Waals surface area contributed by atoms with Crippen molar-refractivity contribution in [2.75, 3.05) is 19.6 Å². The number of amides is 1. The molecule has 2 aromatic rings. The van der Waals surface area contributed by atoms with Crippen LogP contribution in [0.5, 0.6) is 0 Å². The molecule has 2 aromatic heterocycles. The second-order valence-electron chi connectivity index (χ2n) is 8.97. The molecule has 6 heteroatoms. The molecule has 1 saturated carbocycles. The van der Waals surface area contributed by atoms with Crippen molar-refractivity contribution in [3.8, 4) is 0 Å². The van der Waals surface area contributed by atoms with Crippen LogP contribution in [0.15, 0.2) is 28.9 Å². The van der Waals surface area contributed by atoms with Gasteiger partial charge in [0.25, 0.3) is 5.91 Å². The molecule has 6 nitrogen and oxygen atoms in total. The van der Waals surface area contributed by atoms with Crippen molar-refractivity contribution in [3.05, 3.63) is 47.4 Å². The lowest BCUT2D eigenvalue weighted by Gasteiger charge is -2.49. The summed E-state index contributed by atoms with van der Waals surface area (Å²) in [5.41, 5.74) is 2.51. The van der Waals surface area contributed by atoms with E-state index in [0.717, 1.165) is 25.3 Å². The van der Waals surface area contributed by atoms with Gasteiger partial charge in [-0.05, 0) is 63.3 Å². The van der Waals surface area contributed by atoms with E-state index in [2.05, 4.69) is 16.3 Å². The van der Waals surface area contributed by atoms with Crippen LogP contribution < -0.4 is 5.32 Å². The number of fused-ring (bicyclic) bond motifs is 3. The van der Waals surface area contributed by atoms with Gasteiger partial charge in [-0.1, -0.05) is 12.8 Å². The number of nitrogens with zero attached hydrogens (tertiary/aromatic N) is 3. The van der Waals surface area contributed by atoms with Crippen molar-refractivity contribution in [2.45, 2.75) is 63.3 Å². The van der Waals surface area contributed by atoms with Gasteiger partial charge in [-0.3, -0.25) is 9.69 Å². The van der Waals surface area contributed by atoms with Gasteiger partial charge in [-0.15, -0.1) is 0 Å². The van der Waals surface area contributed by atoms with Crippen LogP contribution in [-0.4, -0.2) is 46.5 Å². The topological polar surface area (TPSA) is 71.3 Å². The predicted octanol–water partition coefficient (Wildman–Crippen LogP) is 3.64. The summed E-state index contributed by atoms with van der Waals surface area (Å²) in [5, 5.41) is 3.05. The minimum Gasteiger partial charge on any atom is -0.459 e. The van der Waals surface area contributed by atoms with Gasteiger partial charge in [0, 0.05) is 42.4 Å². The molecule has 4 fully saturated rings. The van der Waals surface area contributed by atoms with Crippen molar-refractivity contribution in [1.29, 1.82) is 0 Å². The summed E-state index contributed by atoms with van der Waals surface area (Å²) in [6.07, 6.45) is 9.07. The molecule has 29 heavy (non-hydrogen) atoms. The molecule has 0 aromatic carbocycles. The molecule has 2 bridgehead atoms. The van der Waals surface area contributed by atoms with Crippen LogP contribution in [-0.2, 0) is 0 Å². The van der Waals surface area contributed by atoms with E-state index in [0.29, 0.717) is 36.1 Å². The van der Waals surface area contributed by atoms with E-state index in [1.807, 2.05) is 6.92 Å². The molecular weight excluding hydrogens is 364 g/mol. The minimum absolute atomic E-state index is 0.123. The van der Waals surface area contributed by atoms with Crippen LogP contribution in [0, 0.1) is 12.8 Å². The van der Waals surface area contributed by atoms with E-state index < -0.39 is 0 Å². The van der Waals surface area contributed by atoms with Gasteiger partial charge in [0.1, 0.15) is 5.82 Å². The number of aryl methyl sites for hydroxylation is 1. The monoisotopic (exact) mass is 394 g/mol. The van der Waals surface area contributed by atoms with Gasteiger partial charge >= 0.3 is 0 Å². The highest BCUT2D eigenvalue weighted by Crippen LogP contribution is 2.42. The van der Waals surface area contributed by atoms with Crippen molar-refractivity contribution >= 4 is 5.91 Å². The van der Waals surface area contributed by atoms with Crippen LogP contribution in [0.1, 0.15) is 78.1 Å². The second kappa shape index (κ2) is 7.90. The van der Waals surface area contributed by atoms with Gasteiger partial charge < -0.3 is 9.73 Å². The van der Waals surface area contributed by atoms with Gasteiger partial charge in [0.2, 0.25) is 0 Å². The third-order valence-electron chi connectivity index (χ3n) is 7.15. The van der Waals surface area contributed by atoms with Crippen LogP contribution in [0.25, 0.3) is 0 Å². The van der Waals surface area contributed by atoms with E-state index in [-0.39, 0.29) is 5.91 Å². The maximum Gasteiger partial charge on any atom is 0.287 e. The molecule has 1 amide bonds. The third kappa shape index (κ3) is 3.82. The highest BCUT2D eigenvalue weighted by Gasteiger charge is 2.41. The van der Waals surface area contributed by atoms with Crippen LogP contribution in [0.4, 0.5) is 0 Å². The molecule has 5 heterocycles. The Bertz CT molecular complexity index is 860. The van der Waals surface area contributed by atoms with Gasteiger partial charge in [0.15, 0.2) is 5.76 Å². The van der Waals surface area contributed by atoms with Crippen molar-refractivity contribution < 1.29 is 9.21 Å². The first-order valence-corrected chi connectivity index (χ1v) is 11.1. The Hall–Kier alpha value is -2.21. The number of furan rings is 1. The molecule has 1 N–H and O–H groups in total. The lowest BCUT2D eigenvalue weighted by Crippen LogP contribution is -2.56. The molecular formula is C23H30N4O2. The Kier molecular flexibility index (Phi) is 5.12. The molecule has 0 spiro atoms. The maximum atomic E-state index is 12.2. The van der Waals surface area contributed by atoms with Crippen LogP contribution in [0.3, 0.4) is 0 Å². The lowest BCUT2D eigenvalue weighted by molar-refractivity contribution is 0.0287. The molecule has 1 aliphatic carbocycles. The van der Waals surface area contributed by atoms with Gasteiger partial charge in [0.05, 0.1) is 6.26 Å². The van der Waals surface area contributed by atoms with Crippen molar-refractivity contribution in [1.82, 2.24) is 20.2 Å². The fourth-order valence-electron chi connectivity index (χ4n) is 5.63. The summed E-state index contributed by atoms with van der Waals surface area (Å²) >= 11 is 0. The van der Waals surface area contributed by atoms with E-state index in [1.165, 1.54) is 49.8 Å². The molecule has 4 atom stereocenters. The fraction of sp³-hybridized carbons (Fsp3) is 0.609. The highest BCUT2D eigenvalue weighted by molar-refractivity contribution is 5.91. The number of aromatic nitrogens is 2. The Morgan fingerprint density at radius 2 is 2.07 bits per heavy atom. The predicted molar refractivity (Wildman–Crippen MR) is 110 cm³/mol. The van der Waals surface area contributed by atoms with E-state index in [4.69, 9.17) is 14.4 Å². The normalized spacial score (nSPS) is 29.3. The summed E-state index contributed by atoms with van der Waals surface area (Å²) in [5.74, 6) is 2.93. The largest absolute Gasteiger partial charge is 0.459 e.